The number of para-hydroxylation sites is 1. The summed E-state index contributed by atoms with van der Waals surface area (Å²) in [5.41, 5.74) is 0.565. The second-order valence-corrected chi connectivity index (χ2v) is 5.97. The molecule has 0 N–H and O–H groups in total. The molecule has 1 unspecified atom stereocenters. The minimum Gasteiger partial charge on any atom is -0.462 e. The van der Waals surface area contributed by atoms with E-state index >= 15 is 0 Å². The van der Waals surface area contributed by atoms with Crippen LogP contribution in [0.25, 0.3) is 10.9 Å². The number of benzene rings is 2. The standard InChI is InChI=1S/C21H20FNO3/c1-3-18(14-9-6-5-7-10-14)23-13-16(21(25)26-4-2)20(24)15-11-8-12-17(22)19(15)23/h5-13,18H,3-4H2,1-2H3. The second kappa shape index (κ2) is 7.52. The molecule has 134 valence electrons. The van der Waals surface area contributed by atoms with Gasteiger partial charge in [0.05, 0.1) is 18.2 Å². The number of rotatable bonds is 5. The molecule has 2 aromatic carbocycles. The number of nitrogens with zero attached hydrogens (tertiary/aromatic N) is 1. The van der Waals surface area contributed by atoms with E-state index < -0.39 is 17.2 Å². The monoisotopic (exact) mass is 353 g/mol. The van der Waals surface area contributed by atoms with Crippen molar-refractivity contribution in [2.75, 3.05) is 6.61 Å². The summed E-state index contributed by atoms with van der Waals surface area (Å²) in [4.78, 5) is 25.0. The Morgan fingerprint density at radius 3 is 2.50 bits per heavy atom. The van der Waals surface area contributed by atoms with E-state index in [1.807, 2.05) is 37.3 Å². The number of ether oxygens (including phenoxy) is 1. The normalized spacial score (nSPS) is 12.1. The van der Waals surface area contributed by atoms with Crippen molar-refractivity contribution in [3.8, 4) is 0 Å². The third-order valence-corrected chi connectivity index (χ3v) is 4.40. The maximum atomic E-state index is 14.6. The molecule has 1 aromatic heterocycles. The largest absolute Gasteiger partial charge is 0.462 e. The van der Waals surface area contributed by atoms with E-state index in [-0.39, 0.29) is 29.1 Å². The van der Waals surface area contributed by atoms with Crippen LogP contribution in [0.15, 0.2) is 59.5 Å². The van der Waals surface area contributed by atoms with E-state index in [9.17, 15) is 14.0 Å². The van der Waals surface area contributed by atoms with Crippen molar-refractivity contribution in [1.29, 1.82) is 0 Å². The molecule has 1 atom stereocenters. The number of esters is 1. The predicted molar refractivity (Wildman–Crippen MR) is 99.0 cm³/mol. The van der Waals surface area contributed by atoms with E-state index in [1.165, 1.54) is 24.4 Å². The average molecular weight is 353 g/mol. The van der Waals surface area contributed by atoms with Crippen molar-refractivity contribution in [2.24, 2.45) is 0 Å². The number of fused-ring (bicyclic) bond motifs is 1. The second-order valence-electron chi connectivity index (χ2n) is 5.97. The van der Waals surface area contributed by atoms with E-state index in [0.29, 0.717) is 6.42 Å². The lowest BCUT2D eigenvalue weighted by Crippen LogP contribution is -2.23. The molecule has 0 spiro atoms. The lowest BCUT2D eigenvalue weighted by Gasteiger charge is -2.23. The minimum absolute atomic E-state index is 0.0840. The zero-order chi connectivity index (χ0) is 18.7. The highest BCUT2D eigenvalue weighted by molar-refractivity contribution is 5.94. The number of pyridine rings is 1. The first-order chi connectivity index (χ1) is 12.6. The first kappa shape index (κ1) is 17.9. The van der Waals surface area contributed by atoms with Crippen LogP contribution in [0.4, 0.5) is 4.39 Å². The van der Waals surface area contributed by atoms with E-state index in [4.69, 9.17) is 4.74 Å². The molecule has 0 fully saturated rings. The topological polar surface area (TPSA) is 48.3 Å². The van der Waals surface area contributed by atoms with E-state index in [1.54, 1.807) is 11.5 Å². The van der Waals surface area contributed by atoms with Gasteiger partial charge in [0.2, 0.25) is 5.43 Å². The summed E-state index contributed by atoms with van der Waals surface area (Å²) in [6, 6.07) is 13.7. The average Bonchev–Trinajstić information content (AvgIpc) is 2.65. The number of aromatic nitrogens is 1. The Labute approximate surface area is 150 Å². The Kier molecular flexibility index (Phi) is 5.16. The number of hydrogen-bond donors (Lipinski definition) is 0. The summed E-state index contributed by atoms with van der Waals surface area (Å²) < 4.78 is 21.3. The maximum absolute atomic E-state index is 14.6. The number of hydrogen-bond acceptors (Lipinski definition) is 3. The lowest BCUT2D eigenvalue weighted by molar-refractivity contribution is 0.0524. The lowest BCUT2D eigenvalue weighted by atomic mass is 10.0. The Bertz CT molecular complexity index is 995. The fraction of sp³-hybridized carbons (Fsp3) is 0.238. The van der Waals surface area contributed by atoms with Crippen molar-refractivity contribution >= 4 is 16.9 Å². The first-order valence-corrected chi connectivity index (χ1v) is 8.63. The summed E-state index contributed by atoms with van der Waals surface area (Å²) in [5, 5.41) is 0.171. The van der Waals surface area contributed by atoms with Crippen LogP contribution in [-0.4, -0.2) is 17.1 Å². The number of carbonyl (C=O) groups excluding carboxylic acids is 1. The summed E-state index contributed by atoms with van der Waals surface area (Å²) in [6.07, 6.45) is 2.09. The van der Waals surface area contributed by atoms with Gasteiger partial charge in [0.15, 0.2) is 0 Å². The van der Waals surface area contributed by atoms with Gasteiger partial charge < -0.3 is 9.30 Å². The molecule has 0 aliphatic heterocycles. The van der Waals surface area contributed by atoms with Gasteiger partial charge in [0, 0.05) is 11.6 Å². The molecule has 26 heavy (non-hydrogen) atoms. The van der Waals surface area contributed by atoms with E-state index in [2.05, 4.69) is 0 Å². The maximum Gasteiger partial charge on any atom is 0.343 e. The Morgan fingerprint density at radius 1 is 1.12 bits per heavy atom. The smallest absolute Gasteiger partial charge is 0.343 e. The fourth-order valence-electron chi connectivity index (χ4n) is 3.24. The van der Waals surface area contributed by atoms with E-state index in [0.717, 1.165) is 5.56 Å². The number of halogens is 1. The molecular formula is C21H20FNO3. The number of carbonyl (C=O) groups is 1. The molecule has 1 heterocycles. The van der Waals surface area contributed by atoms with Crippen LogP contribution >= 0.6 is 0 Å². The van der Waals surface area contributed by atoms with Crippen LogP contribution < -0.4 is 5.43 Å². The Balaban J connectivity index is 2.34. The summed E-state index contributed by atoms with van der Waals surface area (Å²) in [6.45, 7) is 3.82. The van der Waals surface area contributed by atoms with Crippen LogP contribution in [0.1, 0.15) is 42.2 Å². The molecule has 3 rings (SSSR count). The summed E-state index contributed by atoms with van der Waals surface area (Å²) in [7, 11) is 0. The van der Waals surface area contributed by atoms with Crippen molar-refractivity contribution in [3.63, 3.8) is 0 Å². The molecule has 0 amide bonds. The van der Waals surface area contributed by atoms with Gasteiger partial charge in [-0.15, -0.1) is 0 Å². The van der Waals surface area contributed by atoms with Gasteiger partial charge in [-0.2, -0.15) is 0 Å². The molecule has 5 heteroatoms. The predicted octanol–water partition coefficient (Wildman–Crippen LogP) is 4.32. The zero-order valence-corrected chi connectivity index (χ0v) is 14.7. The van der Waals surface area contributed by atoms with Crippen molar-refractivity contribution < 1.29 is 13.9 Å². The third-order valence-electron chi connectivity index (χ3n) is 4.40. The van der Waals surface area contributed by atoms with Crippen LogP contribution in [-0.2, 0) is 4.74 Å². The molecule has 0 saturated carbocycles. The highest BCUT2D eigenvalue weighted by Gasteiger charge is 2.22. The molecular weight excluding hydrogens is 333 g/mol. The van der Waals surface area contributed by atoms with Gasteiger partial charge in [-0.25, -0.2) is 9.18 Å². The Morgan fingerprint density at radius 2 is 1.85 bits per heavy atom. The van der Waals surface area contributed by atoms with Crippen molar-refractivity contribution in [1.82, 2.24) is 4.57 Å². The molecule has 4 nitrogen and oxygen atoms in total. The fourth-order valence-corrected chi connectivity index (χ4v) is 3.24. The molecule has 0 radical (unpaired) electrons. The van der Waals surface area contributed by atoms with Gasteiger partial charge >= 0.3 is 5.97 Å². The third kappa shape index (κ3) is 3.12. The Hall–Kier alpha value is -2.95. The van der Waals surface area contributed by atoms with Crippen molar-refractivity contribution in [2.45, 2.75) is 26.3 Å². The molecule has 0 aliphatic rings. The van der Waals surface area contributed by atoms with Gasteiger partial charge in [-0.05, 0) is 31.0 Å². The molecule has 0 bridgehead atoms. The van der Waals surface area contributed by atoms with Gasteiger partial charge in [-0.3, -0.25) is 4.79 Å². The highest BCUT2D eigenvalue weighted by atomic mass is 19.1. The zero-order valence-electron chi connectivity index (χ0n) is 14.7. The summed E-state index contributed by atoms with van der Waals surface area (Å²) in [5.74, 6) is -1.19. The molecule has 3 aromatic rings. The summed E-state index contributed by atoms with van der Waals surface area (Å²) >= 11 is 0. The highest BCUT2D eigenvalue weighted by Crippen LogP contribution is 2.27. The minimum atomic E-state index is -0.694. The van der Waals surface area contributed by atoms with Gasteiger partial charge in [-0.1, -0.05) is 43.3 Å². The van der Waals surface area contributed by atoms with Crippen LogP contribution in [0.2, 0.25) is 0 Å². The molecule has 0 aliphatic carbocycles. The quantitative estimate of drug-likeness (QED) is 0.642. The van der Waals surface area contributed by atoms with Gasteiger partial charge in [0.1, 0.15) is 11.4 Å². The SMILES string of the molecule is CCOC(=O)c1cn(C(CC)c2ccccc2)c2c(F)cccc2c1=O. The van der Waals surface area contributed by atoms with Crippen LogP contribution in [0.3, 0.4) is 0 Å². The van der Waals surface area contributed by atoms with Crippen LogP contribution in [0, 0.1) is 5.82 Å². The van der Waals surface area contributed by atoms with Crippen molar-refractivity contribution in [3.05, 3.63) is 81.9 Å². The first-order valence-electron chi connectivity index (χ1n) is 8.63. The van der Waals surface area contributed by atoms with Gasteiger partial charge in [0.25, 0.3) is 0 Å². The molecule has 0 saturated heterocycles. The van der Waals surface area contributed by atoms with Crippen LogP contribution in [0.5, 0.6) is 0 Å².